The highest BCUT2D eigenvalue weighted by Crippen LogP contribution is 2.27. The number of nitrogens with zero attached hydrogens (tertiary/aromatic N) is 2. The van der Waals surface area contributed by atoms with E-state index in [1.54, 1.807) is 6.07 Å². The maximum atomic E-state index is 12.3. The van der Waals surface area contributed by atoms with Crippen LogP contribution < -0.4 is 5.32 Å². The number of anilines is 1. The molecule has 138 valence electrons. The zero-order chi connectivity index (χ0) is 20.0. The van der Waals surface area contributed by atoms with Crippen molar-refractivity contribution in [3.63, 3.8) is 0 Å². The second kappa shape index (κ2) is 9.12. The summed E-state index contributed by atoms with van der Waals surface area (Å²) >= 11 is 6.32. The van der Waals surface area contributed by atoms with Crippen molar-refractivity contribution in [3.05, 3.63) is 68.7 Å². The lowest BCUT2D eigenvalue weighted by Gasteiger charge is -2.06. The molecule has 1 N–H and O–H groups in total. The fraction of sp³-hybridized carbons (Fsp3) is 0.0588. The maximum absolute atomic E-state index is 12.3. The third kappa shape index (κ3) is 5.77. The Balaban J connectivity index is 2.21. The third-order valence-corrected chi connectivity index (χ3v) is 4.26. The standard InChI is InChI=1S/C17H10ClF2N3O3S/c18-15-6-3-13(23(25)26)8-10(15)7-11(9-21)16(24)22-12-1-4-14(5-2-12)27-17(19)20/h1-8,17H,(H,22,24)/b11-7+. The zero-order valence-corrected chi connectivity index (χ0v) is 14.9. The topological polar surface area (TPSA) is 96.0 Å². The molecule has 1 amide bonds. The Bertz CT molecular complexity index is 943. The van der Waals surface area contributed by atoms with Crippen molar-refractivity contribution >= 4 is 46.7 Å². The van der Waals surface area contributed by atoms with Gasteiger partial charge in [-0.1, -0.05) is 23.4 Å². The number of thioether (sulfide) groups is 1. The van der Waals surface area contributed by atoms with Gasteiger partial charge in [-0.05, 0) is 36.4 Å². The summed E-state index contributed by atoms with van der Waals surface area (Å²) in [5.41, 5.74) is -0.134. The van der Waals surface area contributed by atoms with Gasteiger partial charge in [0.1, 0.15) is 11.6 Å². The summed E-state index contributed by atoms with van der Waals surface area (Å²) in [6.45, 7) is 0. The van der Waals surface area contributed by atoms with Gasteiger partial charge in [0.15, 0.2) is 0 Å². The van der Waals surface area contributed by atoms with Crippen molar-refractivity contribution in [2.75, 3.05) is 5.32 Å². The quantitative estimate of drug-likeness (QED) is 0.235. The Morgan fingerprint density at radius 1 is 1.30 bits per heavy atom. The minimum absolute atomic E-state index is 0.134. The molecule has 2 aromatic rings. The number of non-ortho nitro benzene ring substituents is 1. The summed E-state index contributed by atoms with van der Waals surface area (Å²) in [5, 5.41) is 22.6. The van der Waals surface area contributed by atoms with Crippen LogP contribution in [0.5, 0.6) is 0 Å². The van der Waals surface area contributed by atoms with Gasteiger partial charge in [-0.2, -0.15) is 14.0 Å². The van der Waals surface area contributed by atoms with Gasteiger partial charge in [-0.15, -0.1) is 0 Å². The number of amides is 1. The molecule has 0 atom stereocenters. The van der Waals surface area contributed by atoms with E-state index < -0.39 is 16.6 Å². The first-order chi connectivity index (χ1) is 12.8. The van der Waals surface area contributed by atoms with E-state index in [1.165, 1.54) is 36.4 Å². The minimum Gasteiger partial charge on any atom is -0.321 e. The summed E-state index contributed by atoms with van der Waals surface area (Å²) in [4.78, 5) is 22.8. The average Bonchev–Trinajstić information content (AvgIpc) is 2.61. The van der Waals surface area contributed by atoms with E-state index in [-0.39, 0.29) is 21.8 Å². The highest BCUT2D eigenvalue weighted by atomic mass is 35.5. The van der Waals surface area contributed by atoms with Crippen LogP contribution >= 0.6 is 23.4 Å². The van der Waals surface area contributed by atoms with Crippen LogP contribution in [0.4, 0.5) is 20.2 Å². The minimum atomic E-state index is -2.56. The fourth-order valence-corrected chi connectivity index (χ4v) is 2.65. The van der Waals surface area contributed by atoms with Crippen LogP contribution in [0.15, 0.2) is 52.9 Å². The van der Waals surface area contributed by atoms with Crippen LogP contribution in [0, 0.1) is 21.4 Å². The largest absolute Gasteiger partial charge is 0.321 e. The molecule has 2 rings (SSSR count). The number of nitro groups is 1. The van der Waals surface area contributed by atoms with Gasteiger partial charge in [-0.25, -0.2) is 0 Å². The predicted molar refractivity (Wildman–Crippen MR) is 98.6 cm³/mol. The van der Waals surface area contributed by atoms with Gasteiger partial charge in [-0.3, -0.25) is 14.9 Å². The highest BCUT2D eigenvalue weighted by Gasteiger charge is 2.14. The lowest BCUT2D eigenvalue weighted by molar-refractivity contribution is -0.384. The number of halogens is 3. The number of benzene rings is 2. The van der Waals surface area contributed by atoms with Crippen molar-refractivity contribution in [1.82, 2.24) is 0 Å². The molecule has 0 aliphatic rings. The molecule has 0 saturated heterocycles. The van der Waals surface area contributed by atoms with Crippen molar-refractivity contribution < 1.29 is 18.5 Å². The van der Waals surface area contributed by atoms with Gasteiger partial charge in [0.2, 0.25) is 0 Å². The summed E-state index contributed by atoms with van der Waals surface area (Å²) in [6, 6.07) is 11.0. The second-order valence-electron chi connectivity index (χ2n) is 4.99. The van der Waals surface area contributed by atoms with Crippen LogP contribution in [0.2, 0.25) is 5.02 Å². The molecule has 27 heavy (non-hydrogen) atoms. The number of rotatable bonds is 6. The Labute approximate surface area is 161 Å². The molecule has 0 spiro atoms. The summed E-state index contributed by atoms with van der Waals surface area (Å²) in [6.07, 6.45) is 1.13. The molecule has 0 radical (unpaired) electrons. The average molecular weight is 410 g/mol. The van der Waals surface area contributed by atoms with Gasteiger partial charge >= 0.3 is 0 Å². The van der Waals surface area contributed by atoms with Gasteiger partial charge < -0.3 is 5.32 Å². The normalized spacial score (nSPS) is 11.1. The fourth-order valence-electron chi connectivity index (χ4n) is 1.98. The SMILES string of the molecule is N#C/C(=C\c1cc([N+](=O)[O-])ccc1Cl)C(=O)Nc1ccc(SC(F)F)cc1. The Morgan fingerprint density at radius 2 is 1.96 bits per heavy atom. The van der Waals surface area contributed by atoms with Crippen LogP contribution in [0.1, 0.15) is 5.56 Å². The molecule has 0 aliphatic heterocycles. The summed E-state index contributed by atoms with van der Waals surface area (Å²) < 4.78 is 24.6. The van der Waals surface area contributed by atoms with Crippen LogP contribution in [0.3, 0.4) is 0 Å². The van der Waals surface area contributed by atoms with Crippen LogP contribution in [-0.2, 0) is 4.79 Å². The van der Waals surface area contributed by atoms with Crippen LogP contribution in [0.25, 0.3) is 6.08 Å². The Morgan fingerprint density at radius 3 is 2.52 bits per heavy atom. The van der Waals surface area contributed by atoms with Gasteiger partial charge in [0.25, 0.3) is 17.4 Å². The monoisotopic (exact) mass is 409 g/mol. The van der Waals surface area contributed by atoms with E-state index in [4.69, 9.17) is 11.6 Å². The number of nitro benzene ring substituents is 1. The van der Waals surface area contributed by atoms with E-state index in [2.05, 4.69) is 5.32 Å². The maximum Gasteiger partial charge on any atom is 0.288 e. The smallest absolute Gasteiger partial charge is 0.288 e. The molecule has 0 fully saturated rings. The number of carbonyl (C=O) groups excluding carboxylic acids is 1. The molecular weight excluding hydrogens is 400 g/mol. The number of hydrogen-bond donors (Lipinski definition) is 1. The predicted octanol–water partition coefficient (Wildman–Crippen LogP) is 5.11. The molecule has 6 nitrogen and oxygen atoms in total. The van der Waals surface area contributed by atoms with Crippen LogP contribution in [-0.4, -0.2) is 16.6 Å². The van der Waals surface area contributed by atoms with Crippen molar-refractivity contribution in [3.8, 4) is 6.07 Å². The molecular formula is C17H10ClF2N3O3S. The highest BCUT2D eigenvalue weighted by molar-refractivity contribution is 7.99. The number of carbonyl (C=O) groups is 1. The molecule has 0 aliphatic carbocycles. The van der Waals surface area contributed by atoms with E-state index in [9.17, 15) is 29.0 Å². The van der Waals surface area contributed by atoms with Crippen molar-refractivity contribution in [1.29, 1.82) is 5.26 Å². The van der Waals surface area contributed by atoms with E-state index in [0.717, 1.165) is 12.1 Å². The Hall–Kier alpha value is -2.96. The number of hydrogen-bond acceptors (Lipinski definition) is 5. The molecule has 0 heterocycles. The lowest BCUT2D eigenvalue weighted by atomic mass is 10.1. The molecule has 0 unspecified atom stereocenters. The van der Waals surface area contributed by atoms with Crippen molar-refractivity contribution in [2.24, 2.45) is 0 Å². The third-order valence-electron chi connectivity index (χ3n) is 3.19. The lowest BCUT2D eigenvalue weighted by Crippen LogP contribution is -2.13. The van der Waals surface area contributed by atoms with E-state index in [1.807, 2.05) is 0 Å². The first-order valence-electron chi connectivity index (χ1n) is 7.22. The van der Waals surface area contributed by atoms with Gasteiger partial charge in [0, 0.05) is 33.3 Å². The number of nitrogens with one attached hydrogen (secondary N) is 1. The summed E-state index contributed by atoms with van der Waals surface area (Å²) in [5.74, 6) is -3.33. The van der Waals surface area contributed by atoms with Gasteiger partial charge in [0.05, 0.1) is 4.92 Å². The molecule has 0 aromatic heterocycles. The molecule has 0 saturated carbocycles. The Kier molecular flexibility index (Phi) is 6.87. The zero-order valence-electron chi connectivity index (χ0n) is 13.4. The molecule has 10 heteroatoms. The molecule has 0 bridgehead atoms. The van der Waals surface area contributed by atoms with E-state index in [0.29, 0.717) is 22.3 Å². The molecule has 2 aromatic carbocycles. The van der Waals surface area contributed by atoms with E-state index >= 15 is 0 Å². The number of nitriles is 1. The first-order valence-corrected chi connectivity index (χ1v) is 8.48. The second-order valence-corrected chi connectivity index (χ2v) is 6.46. The van der Waals surface area contributed by atoms with Crippen molar-refractivity contribution in [2.45, 2.75) is 10.7 Å². The number of alkyl halides is 2. The first kappa shape index (κ1) is 20.4. The summed E-state index contributed by atoms with van der Waals surface area (Å²) in [7, 11) is 0.